The first-order valence-corrected chi connectivity index (χ1v) is 5.39. The van der Waals surface area contributed by atoms with Gasteiger partial charge < -0.3 is 10.4 Å². The fourth-order valence-electron chi connectivity index (χ4n) is 1.60. The third kappa shape index (κ3) is 2.08. The van der Waals surface area contributed by atoms with Crippen LogP contribution in [-0.4, -0.2) is 28.7 Å². The normalized spacial score (nSPS) is 10.9. The predicted molar refractivity (Wildman–Crippen MR) is 63.8 cm³/mol. The fraction of sp³-hybridized carbons (Fsp3) is 0.273. The van der Waals surface area contributed by atoms with E-state index in [0.29, 0.717) is 5.52 Å². The molecule has 0 amide bonds. The van der Waals surface area contributed by atoms with E-state index in [9.17, 15) is 5.11 Å². The molecule has 0 spiro atoms. The molecule has 0 atom stereocenters. The Labute approximate surface area is 98.3 Å². The highest BCUT2D eigenvalue weighted by Gasteiger charge is 2.08. The van der Waals surface area contributed by atoms with Crippen LogP contribution in [0.15, 0.2) is 18.2 Å². The van der Waals surface area contributed by atoms with Gasteiger partial charge in [-0.1, -0.05) is 12.1 Å². The van der Waals surface area contributed by atoms with Crippen LogP contribution in [0.5, 0.6) is 5.75 Å². The molecule has 2 aromatic rings. The molecule has 1 aromatic carbocycles. The molecule has 0 aliphatic carbocycles. The highest BCUT2D eigenvalue weighted by Crippen LogP contribution is 2.25. The fourth-order valence-corrected chi connectivity index (χ4v) is 1.79. The maximum Gasteiger partial charge on any atom is 0.223 e. The first-order valence-electron chi connectivity index (χ1n) is 5.01. The van der Waals surface area contributed by atoms with Crippen LogP contribution in [0.3, 0.4) is 0 Å². The van der Waals surface area contributed by atoms with Crippen LogP contribution >= 0.6 is 11.6 Å². The Hall–Kier alpha value is -1.39. The Morgan fingerprint density at radius 1 is 1.38 bits per heavy atom. The van der Waals surface area contributed by atoms with Gasteiger partial charge in [0.15, 0.2) is 0 Å². The van der Waals surface area contributed by atoms with Crippen molar-refractivity contribution in [3.8, 4) is 5.75 Å². The van der Waals surface area contributed by atoms with Crippen molar-refractivity contribution in [2.75, 3.05) is 13.6 Å². The van der Waals surface area contributed by atoms with Gasteiger partial charge in [-0.05, 0) is 24.7 Å². The SMILES string of the molecule is CNCCc1nc(Cl)nc2c(O)cccc12. The predicted octanol–water partition coefficient (Wildman–Crippen LogP) is 1.75. The van der Waals surface area contributed by atoms with Crippen LogP contribution in [-0.2, 0) is 6.42 Å². The highest BCUT2D eigenvalue weighted by molar-refractivity contribution is 6.28. The zero-order valence-corrected chi connectivity index (χ0v) is 9.62. The minimum absolute atomic E-state index is 0.132. The van der Waals surface area contributed by atoms with E-state index in [4.69, 9.17) is 11.6 Å². The van der Waals surface area contributed by atoms with Crippen molar-refractivity contribution in [2.45, 2.75) is 6.42 Å². The number of fused-ring (bicyclic) bond motifs is 1. The van der Waals surface area contributed by atoms with Gasteiger partial charge in [-0.15, -0.1) is 0 Å². The Morgan fingerprint density at radius 3 is 2.94 bits per heavy atom. The molecular formula is C11H12ClN3O. The highest BCUT2D eigenvalue weighted by atomic mass is 35.5. The Bertz CT molecular complexity index is 516. The van der Waals surface area contributed by atoms with Crippen LogP contribution in [0.25, 0.3) is 10.9 Å². The van der Waals surface area contributed by atoms with E-state index in [1.165, 1.54) is 0 Å². The molecule has 0 fully saturated rings. The molecule has 0 unspecified atom stereocenters. The largest absolute Gasteiger partial charge is 0.506 e. The summed E-state index contributed by atoms with van der Waals surface area (Å²) in [6.07, 6.45) is 0.749. The summed E-state index contributed by atoms with van der Waals surface area (Å²) in [6, 6.07) is 5.25. The number of halogens is 1. The molecule has 0 radical (unpaired) electrons. The monoisotopic (exact) mass is 237 g/mol. The van der Waals surface area contributed by atoms with Gasteiger partial charge in [0.1, 0.15) is 11.3 Å². The molecule has 0 aliphatic heterocycles. The lowest BCUT2D eigenvalue weighted by Gasteiger charge is -2.06. The smallest absolute Gasteiger partial charge is 0.223 e. The number of phenolic OH excluding ortho intramolecular Hbond substituents is 1. The number of aromatic hydroxyl groups is 1. The Morgan fingerprint density at radius 2 is 2.19 bits per heavy atom. The summed E-state index contributed by atoms with van der Waals surface area (Å²) >= 11 is 5.82. The lowest BCUT2D eigenvalue weighted by molar-refractivity contribution is 0.480. The first kappa shape index (κ1) is 11.1. The second-order valence-corrected chi connectivity index (χ2v) is 3.80. The molecular weight excluding hydrogens is 226 g/mol. The van der Waals surface area contributed by atoms with Gasteiger partial charge in [-0.2, -0.15) is 0 Å². The molecule has 0 bridgehead atoms. The van der Waals surface area contributed by atoms with E-state index in [1.807, 2.05) is 13.1 Å². The quantitative estimate of drug-likeness (QED) is 0.799. The molecule has 0 aliphatic rings. The summed E-state index contributed by atoms with van der Waals surface area (Å²) in [5.41, 5.74) is 1.36. The summed E-state index contributed by atoms with van der Waals surface area (Å²) in [5.74, 6) is 0.132. The zero-order chi connectivity index (χ0) is 11.5. The summed E-state index contributed by atoms with van der Waals surface area (Å²) < 4.78 is 0. The second-order valence-electron chi connectivity index (χ2n) is 3.47. The zero-order valence-electron chi connectivity index (χ0n) is 8.87. The number of hydrogen-bond acceptors (Lipinski definition) is 4. The maximum absolute atomic E-state index is 9.68. The van der Waals surface area contributed by atoms with Crippen LogP contribution < -0.4 is 5.32 Å². The maximum atomic E-state index is 9.68. The topological polar surface area (TPSA) is 58.0 Å². The molecule has 84 valence electrons. The van der Waals surface area contributed by atoms with E-state index in [0.717, 1.165) is 24.0 Å². The van der Waals surface area contributed by atoms with Crippen LogP contribution in [0.2, 0.25) is 5.28 Å². The van der Waals surface area contributed by atoms with Crippen molar-refractivity contribution >= 4 is 22.5 Å². The van der Waals surface area contributed by atoms with E-state index in [-0.39, 0.29) is 11.0 Å². The second kappa shape index (κ2) is 4.63. The molecule has 0 saturated heterocycles. The number of aromatic nitrogens is 2. The number of phenols is 1. The number of hydrogen-bond donors (Lipinski definition) is 2. The molecule has 1 aromatic heterocycles. The lowest BCUT2D eigenvalue weighted by atomic mass is 10.1. The van der Waals surface area contributed by atoms with Gasteiger partial charge in [0.2, 0.25) is 5.28 Å². The molecule has 2 N–H and O–H groups in total. The number of benzene rings is 1. The van der Waals surface area contributed by atoms with Crippen molar-refractivity contribution in [2.24, 2.45) is 0 Å². The van der Waals surface area contributed by atoms with E-state index in [2.05, 4.69) is 15.3 Å². The van der Waals surface area contributed by atoms with Crippen LogP contribution in [0, 0.1) is 0 Å². The van der Waals surface area contributed by atoms with Gasteiger partial charge in [0, 0.05) is 18.4 Å². The van der Waals surface area contributed by atoms with Crippen molar-refractivity contribution < 1.29 is 5.11 Å². The number of nitrogens with one attached hydrogen (secondary N) is 1. The molecule has 16 heavy (non-hydrogen) atoms. The van der Waals surface area contributed by atoms with E-state index < -0.39 is 0 Å². The van der Waals surface area contributed by atoms with Gasteiger partial charge in [-0.3, -0.25) is 0 Å². The van der Waals surface area contributed by atoms with Crippen LogP contribution in [0.4, 0.5) is 0 Å². The molecule has 2 rings (SSSR count). The van der Waals surface area contributed by atoms with Gasteiger partial charge in [0.25, 0.3) is 0 Å². The molecule has 4 nitrogen and oxygen atoms in total. The number of likely N-dealkylation sites (N-methyl/N-ethyl adjacent to an activating group) is 1. The van der Waals surface area contributed by atoms with Gasteiger partial charge in [-0.25, -0.2) is 9.97 Å². The number of nitrogens with zero attached hydrogens (tertiary/aromatic N) is 2. The lowest BCUT2D eigenvalue weighted by Crippen LogP contribution is -2.11. The average Bonchev–Trinajstić information content (AvgIpc) is 2.27. The Balaban J connectivity index is 2.59. The third-order valence-electron chi connectivity index (χ3n) is 2.37. The molecule has 1 heterocycles. The summed E-state index contributed by atoms with van der Waals surface area (Å²) in [4.78, 5) is 8.21. The molecule has 0 saturated carbocycles. The van der Waals surface area contributed by atoms with Crippen molar-refractivity contribution in [1.82, 2.24) is 15.3 Å². The minimum Gasteiger partial charge on any atom is -0.506 e. The van der Waals surface area contributed by atoms with Gasteiger partial charge in [0.05, 0.1) is 5.69 Å². The van der Waals surface area contributed by atoms with Gasteiger partial charge >= 0.3 is 0 Å². The minimum atomic E-state index is 0.132. The number of rotatable bonds is 3. The van der Waals surface area contributed by atoms with E-state index >= 15 is 0 Å². The summed E-state index contributed by atoms with van der Waals surface area (Å²) in [7, 11) is 1.88. The number of para-hydroxylation sites is 1. The van der Waals surface area contributed by atoms with E-state index in [1.54, 1.807) is 12.1 Å². The first-order chi connectivity index (χ1) is 7.72. The van der Waals surface area contributed by atoms with Crippen molar-refractivity contribution in [3.63, 3.8) is 0 Å². The standard InChI is InChI=1S/C11H12ClN3O/c1-13-6-5-8-7-3-2-4-9(16)10(7)15-11(12)14-8/h2-4,13,16H,5-6H2,1H3. The Kier molecular flexibility index (Phi) is 3.22. The van der Waals surface area contributed by atoms with Crippen molar-refractivity contribution in [1.29, 1.82) is 0 Å². The molecule has 5 heteroatoms. The summed E-state index contributed by atoms with van der Waals surface area (Å²) in [5, 5.41) is 13.7. The average molecular weight is 238 g/mol. The third-order valence-corrected chi connectivity index (χ3v) is 2.54. The van der Waals surface area contributed by atoms with Crippen LogP contribution in [0.1, 0.15) is 5.69 Å². The summed E-state index contributed by atoms with van der Waals surface area (Å²) in [6.45, 7) is 0.804. The van der Waals surface area contributed by atoms with Crippen molar-refractivity contribution in [3.05, 3.63) is 29.2 Å².